The van der Waals surface area contributed by atoms with E-state index in [1.54, 1.807) is 0 Å². The molecule has 1 heterocycles. The zero-order valence-electron chi connectivity index (χ0n) is 20.9. The Morgan fingerprint density at radius 2 is 0.562 bits per heavy atom. The summed E-state index contributed by atoms with van der Waals surface area (Å²) in [6.45, 7) is 0. The SMILES string of the molecule is OC1C[PH](C2CCCCC2)(C2CCCCC2)C(O)C[PH]1(C1CCCCC1)C1CCCCC1. The third-order valence-electron chi connectivity index (χ3n) is 11.8. The molecule has 4 saturated carbocycles. The summed E-state index contributed by atoms with van der Waals surface area (Å²) >= 11 is 0. The van der Waals surface area contributed by atoms with Gasteiger partial charge in [0.15, 0.2) is 0 Å². The van der Waals surface area contributed by atoms with Gasteiger partial charge in [-0.1, -0.05) is 0 Å². The van der Waals surface area contributed by atoms with E-state index in [-0.39, 0.29) is 11.7 Å². The normalized spacial score (nSPS) is 38.2. The third kappa shape index (κ3) is 4.40. The molecule has 0 radical (unpaired) electrons. The topological polar surface area (TPSA) is 40.5 Å². The zero-order chi connectivity index (χ0) is 22.0. The van der Waals surface area contributed by atoms with Gasteiger partial charge >= 0.3 is 200 Å². The molecule has 1 aliphatic heterocycles. The average molecular weight is 485 g/mol. The van der Waals surface area contributed by atoms with Crippen molar-refractivity contribution in [2.24, 2.45) is 0 Å². The van der Waals surface area contributed by atoms with Crippen molar-refractivity contribution < 1.29 is 10.2 Å². The van der Waals surface area contributed by atoms with E-state index in [4.69, 9.17) is 0 Å². The average Bonchev–Trinajstić information content (AvgIpc) is 2.87. The number of aliphatic hydroxyl groups is 2. The van der Waals surface area contributed by atoms with Crippen LogP contribution in [-0.2, 0) is 0 Å². The molecular weight excluding hydrogens is 430 g/mol. The molecule has 5 rings (SSSR count). The van der Waals surface area contributed by atoms with E-state index in [0.717, 1.165) is 35.0 Å². The summed E-state index contributed by atoms with van der Waals surface area (Å²) in [5.41, 5.74) is 3.25. The molecule has 0 aromatic carbocycles. The Labute approximate surface area is 199 Å². The number of hydrogen-bond donors (Lipinski definition) is 2. The Morgan fingerprint density at radius 1 is 0.344 bits per heavy atom. The molecule has 32 heavy (non-hydrogen) atoms. The first-order valence-corrected chi connectivity index (χ1v) is 19.9. The Balaban J connectivity index is 1.49. The molecule has 2 atom stereocenters. The second-order valence-electron chi connectivity index (χ2n) is 13.0. The molecule has 4 aliphatic carbocycles. The quantitative estimate of drug-likeness (QED) is 0.406. The predicted molar refractivity (Wildman–Crippen MR) is 146 cm³/mol. The Hall–Kier alpha value is 0.780. The molecule has 0 bridgehead atoms. The summed E-state index contributed by atoms with van der Waals surface area (Å²) in [5.74, 6) is 0.0419. The molecule has 5 fully saturated rings. The van der Waals surface area contributed by atoms with E-state index in [2.05, 4.69) is 0 Å². The van der Waals surface area contributed by atoms with Crippen LogP contribution in [0.4, 0.5) is 0 Å². The van der Waals surface area contributed by atoms with Crippen LogP contribution in [0.5, 0.6) is 0 Å². The van der Waals surface area contributed by atoms with E-state index >= 15 is 0 Å². The minimum absolute atomic E-state index is 0.0209. The van der Waals surface area contributed by atoms with Crippen LogP contribution in [0.25, 0.3) is 0 Å². The van der Waals surface area contributed by atoms with Crippen LogP contribution in [0, 0.1) is 0 Å². The molecule has 0 spiro atoms. The van der Waals surface area contributed by atoms with Gasteiger partial charge in [0.1, 0.15) is 0 Å². The van der Waals surface area contributed by atoms with Gasteiger partial charge in [-0.2, -0.15) is 0 Å². The van der Waals surface area contributed by atoms with Crippen LogP contribution in [0.2, 0.25) is 0 Å². The monoisotopic (exact) mass is 484 g/mol. The van der Waals surface area contributed by atoms with Gasteiger partial charge in [-0.3, -0.25) is 0 Å². The van der Waals surface area contributed by atoms with E-state index in [9.17, 15) is 10.2 Å². The van der Waals surface area contributed by atoms with Gasteiger partial charge in [-0.25, -0.2) is 0 Å². The summed E-state index contributed by atoms with van der Waals surface area (Å²) in [7, 11) is -3.85. The first-order valence-electron chi connectivity index (χ1n) is 15.0. The van der Waals surface area contributed by atoms with Crippen LogP contribution < -0.4 is 0 Å². The van der Waals surface area contributed by atoms with Gasteiger partial charge in [0.25, 0.3) is 0 Å². The van der Waals surface area contributed by atoms with Gasteiger partial charge < -0.3 is 0 Å². The van der Waals surface area contributed by atoms with E-state index < -0.39 is 14.5 Å². The minimum atomic E-state index is -1.92. The Kier molecular flexibility index (Phi) is 8.27. The Morgan fingerprint density at radius 3 is 0.781 bits per heavy atom. The summed E-state index contributed by atoms with van der Waals surface area (Å²) in [4.78, 5) is 0. The van der Waals surface area contributed by atoms with Gasteiger partial charge in [-0.05, 0) is 0 Å². The van der Waals surface area contributed by atoms with Gasteiger partial charge in [-0.15, -0.1) is 0 Å². The van der Waals surface area contributed by atoms with Crippen LogP contribution in [0.3, 0.4) is 0 Å². The van der Waals surface area contributed by atoms with Crippen molar-refractivity contribution in [2.45, 2.75) is 163 Å². The molecular formula is C28H54O2P2. The summed E-state index contributed by atoms with van der Waals surface area (Å²) in [5, 5.41) is 24.8. The molecule has 0 aromatic heterocycles. The molecule has 0 amide bonds. The summed E-state index contributed by atoms with van der Waals surface area (Å²) < 4.78 is 0. The van der Waals surface area contributed by atoms with Crippen molar-refractivity contribution in [1.82, 2.24) is 0 Å². The van der Waals surface area contributed by atoms with Crippen molar-refractivity contribution in [2.75, 3.05) is 12.3 Å². The molecule has 2 nitrogen and oxygen atoms in total. The van der Waals surface area contributed by atoms with E-state index in [1.165, 1.54) is 128 Å². The van der Waals surface area contributed by atoms with Gasteiger partial charge in [0, 0.05) is 0 Å². The fourth-order valence-electron chi connectivity index (χ4n) is 10.3. The Bertz CT molecular complexity index is 498. The van der Waals surface area contributed by atoms with Crippen molar-refractivity contribution in [1.29, 1.82) is 0 Å². The second-order valence-corrected chi connectivity index (χ2v) is 22.9. The predicted octanol–water partition coefficient (Wildman–Crippen LogP) is 7.47. The fourth-order valence-corrected chi connectivity index (χ4v) is 28.1. The summed E-state index contributed by atoms with van der Waals surface area (Å²) in [6, 6.07) is 0. The standard InChI is InChI=1S/C28H54O2P2/c29-27-22-32(25-17-9-3-10-18-25,26-19-11-4-12-20-26)28(30)21-31(27,23-13-5-1-6-14-23)24-15-7-2-8-16-24/h23-32H,1-22H2. The van der Waals surface area contributed by atoms with E-state index in [1.807, 2.05) is 0 Å². The first kappa shape index (κ1) is 24.5. The molecule has 0 aromatic rings. The van der Waals surface area contributed by atoms with Crippen LogP contribution in [0.15, 0.2) is 0 Å². The van der Waals surface area contributed by atoms with Gasteiger partial charge in [0.05, 0.1) is 0 Å². The maximum atomic E-state index is 12.4. The first-order chi connectivity index (χ1) is 15.7. The van der Waals surface area contributed by atoms with Crippen molar-refractivity contribution in [3.63, 3.8) is 0 Å². The summed E-state index contributed by atoms with van der Waals surface area (Å²) in [6.07, 6.45) is 30.1. The number of aliphatic hydroxyl groups excluding tert-OH is 2. The second kappa shape index (κ2) is 10.8. The van der Waals surface area contributed by atoms with Crippen molar-refractivity contribution in [3.8, 4) is 0 Å². The van der Waals surface area contributed by atoms with E-state index in [0.29, 0.717) is 0 Å². The fraction of sp³-hybridized carbons (Fsp3) is 1.00. The zero-order valence-corrected chi connectivity index (χ0v) is 22.9. The van der Waals surface area contributed by atoms with Crippen LogP contribution in [0.1, 0.15) is 128 Å². The van der Waals surface area contributed by atoms with Crippen molar-refractivity contribution >= 4 is 14.5 Å². The third-order valence-corrected chi connectivity index (χ3v) is 26.1. The number of hydrogen-bond acceptors (Lipinski definition) is 2. The molecule has 5 aliphatic rings. The maximum absolute atomic E-state index is 12.4. The van der Waals surface area contributed by atoms with Crippen molar-refractivity contribution in [3.05, 3.63) is 0 Å². The number of rotatable bonds is 4. The molecule has 2 N–H and O–H groups in total. The molecule has 4 heteroatoms. The van der Waals surface area contributed by atoms with Crippen LogP contribution in [-0.4, -0.2) is 56.9 Å². The van der Waals surface area contributed by atoms with Gasteiger partial charge in [0.2, 0.25) is 0 Å². The van der Waals surface area contributed by atoms with Crippen LogP contribution >= 0.6 is 14.5 Å². The molecule has 2 unspecified atom stereocenters. The molecule has 188 valence electrons. The molecule has 1 saturated heterocycles.